The molecular weight excluding hydrogens is 374 g/mol. The van der Waals surface area contributed by atoms with Crippen LogP contribution in [0.4, 0.5) is 5.69 Å². The van der Waals surface area contributed by atoms with Gasteiger partial charge in [-0.05, 0) is 55.3 Å². The van der Waals surface area contributed by atoms with Crippen molar-refractivity contribution in [2.24, 2.45) is 0 Å². The summed E-state index contributed by atoms with van der Waals surface area (Å²) in [6, 6.07) is 12.9. The number of amides is 2. The zero-order valence-corrected chi connectivity index (χ0v) is 15.7. The number of rotatable bonds is 4. The molecule has 2 aliphatic rings. The van der Waals surface area contributed by atoms with Gasteiger partial charge in [0.15, 0.2) is 0 Å². The summed E-state index contributed by atoms with van der Waals surface area (Å²) in [5, 5.41) is 3.53. The van der Waals surface area contributed by atoms with Crippen molar-refractivity contribution in [3.05, 3.63) is 71.8 Å². The average molecular weight is 391 g/mol. The number of carbonyl (C=O) groups excluding carboxylic acids is 2. The van der Waals surface area contributed by atoms with Crippen LogP contribution >= 0.6 is 11.8 Å². The largest absolute Gasteiger partial charge is 0.467 e. The Kier molecular flexibility index (Phi) is 4.16. The molecule has 1 aromatic carbocycles. The van der Waals surface area contributed by atoms with E-state index in [4.69, 9.17) is 4.42 Å². The molecule has 28 heavy (non-hydrogen) atoms. The zero-order chi connectivity index (χ0) is 19.1. The molecule has 6 nitrogen and oxygen atoms in total. The lowest BCUT2D eigenvalue weighted by molar-refractivity contribution is 0.0946. The first kappa shape index (κ1) is 17.1. The molecule has 3 heterocycles. The van der Waals surface area contributed by atoms with E-state index in [-0.39, 0.29) is 17.9 Å². The number of hydrogen-bond acceptors (Lipinski definition) is 5. The summed E-state index contributed by atoms with van der Waals surface area (Å²) in [4.78, 5) is 32.8. The molecular formula is C21H17N3O3S. The standard InChI is InChI=1S/C21H17N3O3S/c25-19(23-12-15-3-2-10-27-15)13-5-8-17-18(11-13)28-20-16(4-1-9-22-20)21(26)24(17)14-6-7-14/h1-5,8-11,14H,6-7,12H2,(H,23,25). The van der Waals surface area contributed by atoms with Crippen molar-refractivity contribution in [1.82, 2.24) is 10.3 Å². The highest BCUT2D eigenvalue weighted by Crippen LogP contribution is 2.44. The van der Waals surface area contributed by atoms with E-state index >= 15 is 0 Å². The number of benzene rings is 1. The summed E-state index contributed by atoms with van der Waals surface area (Å²) in [6.45, 7) is 0.327. The number of aromatic nitrogens is 1. The van der Waals surface area contributed by atoms with E-state index in [0.29, 0.717) is 28.5 Å². The van der Waals surface area contributed by atoms with Crippen molar-refractivity contribution < 1.29 is 14.0 Å². The number of furan rings is 1. The highest BCUT2D eigenvalue weighted by molar-refractivity contribution is 7.99. The summed E-state index contributed by atoms with van der Waals surface area (Å²) < 4.78 is 5.25. The summed E-state index contributed by atoms with van der Waals surface area (Å²) in [7, 11) is 0. The number of pyridine rings is 1. The number of fused-ring (bicyclic) bond motifs is 2. The van der Waals surface area contributed by atoms with Crippen LogP contribution < -0.4 is 10.2 Å². The van der Waals surface area contributed by atoms with Crippen LogP contribution in [-0.4, -0.2) is 22.8 Å². The third-order valence-electron chi connectivity index (χ3n) is 4.82. The summed E-state index contributed by atoms with van der Waals surface area (Å²) in [5.41, 5.74) is 2.00. The Labute approximate surface area is 165 Å². The van der Waals surface area contributed by atoms with E-state index in [0.717, 1.165) is 23.4 Å². The molecule has 1 aliphatic carbocycles. The Morgan fingerprint density at radius 2 is 2.14 bits per heavy atom. The van der Waals surface area contributed by atoms with Crippen LogP contribution in [0.15, 0.2) is 69.3 Å². The van der Waals surface area contributed by atoms with Gasteiger partial charge in [-0.25, -0.2) is 4.98 Å². The Bertz CT molecular complexity index is 1060. The molecule has 7 heteroatoms. The summed E-state index contributed by atoms with van der Waals surface area (Å²) in [6.07, 6.45) is 5.26. The Morgan fingerprint density at radius 3 is 2.93 bits per heavy atom. The lowest BCUT2D eigenvalue weighted by Gasteiger charge is -2.22. The highest BCUT2D eigenvalue weighted by atomic mass is 32.2. The van der Waals surface area contributed by atoms with Gasteiger partial charge in [0, 0.05) is 22.7 Å². The van der Waals surface area contributed by atoms with Gasteiger partial charge < -0.3 is 14.6 Å². The molecule has 0 spiro atoms. The summed E-state index contributed by atoms with van der Waals surface area (Å²) in [5.74, 6) is 0.488. The van der Waals surface area contributed by atoms with Gasteiger partial charge in [0.05, 0.1) is 24.1 Å². The van der Waals surface area contributed by atoms with E-state index in [9.17, 15) is 9.59 Å². The minimum Gasteiger partial charge on any atom is -0.467 e. The molecule has 1 fully saturated rings. The van der Waals surface area contributed by atoms with Crippen LogP contribution in [0.2, 0.25) is 0 Å². The van der Waals surface area contributed by atoms with Crippen LogP contribution in [0, 0.1) is 0 Å². The fraction of sp³-hybridized carbons (Fsp3) is 0.190. The first-order valence-corrected chi connectivity index (χ1v) is 9.93. The van der Waals surface area contributed by atoms with Crippen molar-refractivity contribution in [3.63, 3.8) is 0 Å². The van der Waals surface area contributed by atoms with Gasteiger partial charge >= 0.3 is 0 Å². The smallest absolute Gasteiger partial charge is 0.261 e. The predicted molar refractivity (Wildman–Crippen MR) is 105 cm³/mol. The predicted octanol–water partition coefficient (Wildman–Crippen LogP) is 3.88. The number of nitrogens with one attached hydrogen (secondary N) is 1. The molecule has 0 atom stereocenters. The van der Waals surface area contributed by atoms with Gasteiger partial charge in [-0.1, -0.05) is 11.8 Å². The van der Waals surface area contributed by atoms with Gasteiger partial charge in [-0.3, -0.25) is 9.59 Å². The quantitative estimate of drug-likeness (QED) is 0.731. The van der Waals surface area contributed by atoms with Crippen molar-refractivity contribution in [3.8, 4) is 0 Å². The lowest BCUT2D eigenvalue weighted by atomic mass is 10.1. The van der Waals surface area contributed by atoms with Crippen LogP contribution in [0.25, 0.3) is 0 Å². The van der Waals surface area contributed by atoms with Gasteiger partial charge in [-0.15, -0.1) is 0 Å². The van der Waals surface area contributed by atoms with Crippen LogP contribution in [0.3, 0.4) is 0 Å². The number of hydrogen-bond donors (Lipinski definition) is 1. The maximum absolute atomic E-state index is 13.1. The molecule has 1 saturated carbocycles. The van der Waals surface area contributed by atoms with E-state index in [1.807, 2.05) is 29.2 Å². The minimum atomic E-state index is -0.186. The third kappa shape index (κ3) is 3.07. The van der Waals surface area contributed by atoms with Crippen molar-refractivity contribution in [2.75, 3.05) is 4.90 Å². The fourth-order valence-electron chi connectivity index (χ4n) is 3.29. The van der Waals surface area contributed by atoms with Gasteiger partial charge in [0.25, 0.3) is 11.8 Å². The highest BCUT2D eigenvalue weighted by Gasteiger charge is 2.38. The van der Waals surface area contributed by atoms with E-state index < -0.39 is 0 Å². The Hall–Kier alpha value is -3.06. The molecule has 140 valence electrons. The molecule has 2 amide bonds. The number of carbonyl (C=O) groups is 2. The molecule has 0 unspecified atom stereocenters. The maximum atomic E-state index is 13.1. The molecule has 2 aromatic heterocycles. The molecule has 5 rings (SSSR count). The molecule has 3 aromatic rings. The molecule has 0 saturated heterocycles. The molecule has 1 aliphatic heterocycles. The fourth-order valence-corrected chi connectivity index (χ4v) is 4.34. The topological polar surface area (TPSA) is 75.4 Å². The van der Waals surface area contributed by atoms with Gasteiger partial charge in [0.2, 0.25) is 0 Å². The normalized spacial score (nSPS) is 15.6. The third-order valence-corrected chi connectivity index (χ3v) is 5.89. The summed E-state index contributed by atoms with van der Waals surface area (Å²) >= 11 is 1.43. The Balaban J connectivity index is 1.48. The van der Waals surface area contributed by atoms with Gasteiger partial charge in [0.1, 0.15) is 10.8 Å². The zero-order valence-electron chi connectivity index (χ0n) is 14.9. The minimum absolute atomic E-state index is 0.0214. The van der Waals surface area contributed by atoms with Gasteiger partial charge in [-0.2, -0.15) is 0 Å². The van der Waals surface area contributed by atoms with E-state index in [1.165, 1.54) is 11.8 Å². The molecule has 0 radical (unpaired) electrons. The van der Waals surface area contributed by atoms with Crippen molar-refractivity contribution in [2.45, 2.75) is 35.3 Å². The first-order valence-electron chi connectivity index (χ1n) is 9.12. The Morgan fingerprint density at radius 1 is 1.25 bits per heavy atom. The maximum Gasteiger partial charge on any atom is 0.261 e. The second-order valence-corrected chi connectivity index (χ2v) is 7.84. The van der Waals surface area contributed by atoms with Crippen LogP contribution in [0.1, 0.15) is 39.3 Å². The van der Waals surface area contributed by atoms with Crippen molar-refractivity contribution >= 4 is 29.3 Å². The monoisotopic (exact) mass is 391 g/mol. The molecule has 0 bridgehead atoms. The van der Waals surface area contributed by atoms with Crippen LogP contribution in [-0.2, 0) is 6.54 Å². The van der Waals surface area contributed by atoms with Crippen molar-refractivity contribution in [1.29, 1.82) is 0 Å². The second-order valence-electron chi connectivity index (χ2n) is 6.81. The number of anilines is 1. The average Bonchev–Trinajstić information content (AvgIpc) is 3.42. The first-order chi connectivity index (χ1) is 13.7. The number of nitrogens with zero attached hydrogens (tertiary/aromatic N) is 2. The molecule has 1 N–H and O–H groups in total. The second kappa shape index (κ2) is 6.83. The van der Waals surface area contributed by atoms with E-state index in [1.54, 1.807) is 30.7 Å². The SMILES string of the molecule is O=C(NCc1ccco1)c1ccc2c(c1)Sc1ncccc1C(=O)N2C1CC1. The van der Waals surface area contributed by atoms with Crippen LogP contribution in [0.5, 0.6) is 0 Å². The van der Waals surface area contributed by atoms with E-state index in [2.05, 4.69) is 10.3 Å². The lowest BCUT2D eigenvalue weighted by Crippen LogP contribution is -2.33.